The van der Waals surface area contributed by atoms with E-state index in [2.05, 4.69) is 10.6 Å². The van der Waals surface area contributed by atoms with Crippen molar-refractivity contribution in [1.82, 2.24) is 10.6 Å². The maximum absolute atomic E-state index is 12.0. The predicted molar refractivity (Wildman–Crippen MR) is 63.8 cm³/mol. The first-order chi connectivity index (χ1) is 8.02. The highest BCUT2D eigenvalue weighted by atomic mass is 31.2. The number of aliphatic hydroxyl groups is 1. The third kappa shape index (κ3) is 6.14. The van der Waals surface area contributed by atoms with E-state index in [1.807, 2.05) is 0 Å². The Bertz CT molecular complexity index is 260. The molecule has 0 radical (unpaired) electrons. The van der Waals surface area contributed by atoms with Crippen molar-refractivity contribution in [3.63, 3.8) is 0 Å². The van der Waals surface area contributed by atoms with Gasteiger partial charge in [-0.05, 0) is 20.9 Å². The van der Waals surface area contributed by atoms with Crippen molar-refractivity contribution in [2.45, 2.75) is 19.9 Å². The summed E-state index contributed by atoms with van der Waals surface area (Å²) in [6, 6.07) is -0.730. The number of aliphatic hydroxyl groups excluding tert-OH is 1. The molecule has 0 aliphatic rings. The van der Waals surface area contributed by atoms with Crippen LogP contribution < -0.4 is 10.6 Å². The van der Waals surface area contributed by atoms with Gasteiger partial charge in [0, 0.05) is 0 Å². The van der Waals surface area contributed by atoms with E-state index in [4.69, 9.17) is 14.2 Å². The lowest BCUT2D eigenvalue weighted by molar-refractivity contribution is -0.123. The maximum Gasteiger partial charge on any atom is 0.349 e. The molecule has 0 aromatic heterocycles. The lowest BCUT2D eigenvalue weighted by atomic mass is 10.3. The highest BCUT2D eigenvalue weighted by molar-refractivity contribution is 7.53. The highest BCUT2D eigenvalue weighted by Crippen LogP contribution is 2.46. The second-order valence-electron chi connectivity index (χ2n) is 3.17. The minimum Gasteiger partial charge on any atom is -0.394 e. The summed E-state index contributed by atoms with van der Waals surface area (Å²) in [5, 5.41) is 13.9. The van der Waals surface area contributed by atoms with Crippen molar-refractivity contribution in [1.29, 1.82) is 0 Å². The van der Waals surface area contributed by atoms with Crippen LogP contribution >= 0.6 is 7.60 Å². The zero-order chi connectivity index (χ0) is 13.3. The maximum atomic E-state index is 12.0. The van der Waals surface area contributed by atoms with Crippen LogP contribution in [0.25, 0.3) is 0 Å². The number of nitrogens with one attached hydrogen (secondary N) is 2. The summed E-state index contributed by atoms with van der Waals surface area (Å²) in [7, 11) is -1.73. The zero-order valence-electron chi connectivity index (χ0n) is 10.4. The number of amides is 1. The molecule has 0 rings (SSSR count). The lowest BCUT2D eigenvalue weighted by Gasteiger charge is -2.19. The van der Waals surface area contributed by atoms with Crippen molar-refractivity contribution in [2.24, 2.45) is 0 Å². The van der Waals surface area contributed by atoms with Gasteiger partial charge in [0.05, 0.1) is 19.8 Å². The van der Waals surface area contributed by atoms with Gasteiger partial charge in [-0.1, -0.05) is 0 Å². The fourth-order valence-corrected chi connectivity index (χ4v) is 2.52. The van der Waals surface area contributed by atoms with Crippen LogP contribution in [0.15, 0.2) is 0 Å². The van der Waals surface area contributed by atoms with Gasteiger partial charge in [0.25, 0.3) is 0 Å². The molecule has 3 N–H and O–H groups in total. The standard InChI is InChI=1S/C9H21N2O5P/c1-4-15-17(14,16-5-2)7-11-9(13)8(6-12)10-3/h8,10,12H,4-7H2,1-3H3,(H,11,13)/t8-/m0/s1. The number of hydrogen-bond donors (Lipinski definition) is 3. The SMILES string of the molecule is CCOP(=O)(CNC(=O)[C@H](CO)NC)OCC. The Kier molecular flexibility index (Phi) is 8.37. The average molecular weight is 268 g/mol. The number of rotatable bonds is 9. The fourth-order valence-electron chi connectivity index (χ4n) is 1.13. The number of carbonyl (C=O) groups is 1. The largest absolute Gasteiger partial charge is 0.394 e. The second-order valence-corrected chi connectivity index (χ2v) is 5.22. The molecule has 0 saturated heterocycles. The van der Waals surface area contributed by atoms with Gasteiger partial charge in [-0.3, -0.25) is 9.36 Å². The van der Waals surface area contributed by atoms with Crippen LogP contribution in [-0.2, 0) is 18.4 Å². The van der Waals surface area contributed by atoms with E-state index in [0.29, 0.717) is 0 Å². The molecule has 0 bridgehead atoms. The molecule has 0 aromatic rings. The minimum absolute atomic E-state index is 0.203. The van der Waals surface area contributed by atoms with Crippen LogP contribution in [0, 0.1) is 0 Å². The monoisotopic (exact) mass is 268 g/mol. The topological polar surface area (TPSA) is 96.9 Å². The Hall–Kier alpha value is -0.460. The summed E-state index contributed by atoms with van der Waals surface area (Å²) >= 11 is 0. The first kappa shape index (κ1) is 16.5. The van der Waals surface area contributed by atoms with E-state index in [0.717, 1.165) is 0 Å². The van der Waals surface area contributed by atoms with Gasteiger partial charge in [0.15, 0.2) is 0 Å². The molecule has 0 aliphatic heterocycles. The van der Waals surface area contributed by atoms with Gasteiger partial charge in [-0.15, -0.1) is 0 Å². The summed E-state index contributed by atoms with van der Waals surface area (Å²) in [6.07, 6.45) is -0.203. The Labute approximate surface area is 101 Å². The first-order valence-corrected chi connectivity index (χ1v) is 7.19. The van der Waals surface area contributed by atoms with Crippen molar-refractivity contribution in [2.75, 3.05) is 33.2 Å². The van der Waals surface area contributed by atoms with E-state index in [9.17, 15) is 9.36 Å². The Morgan fingerprint density at radius 2 is 1.88 bits per heavy atom. The molecule has 0 fully saturated rings. The number of carbonyl (C=O) groups excluding carboxylic acids is 1. The molecule has 0 unspecified atom stereocenters. The van der Waals surface area contributed by atoms with E-state index >= 15 is 0 Å². The Morgan fingerprint density at radius 3 is 2.24 bits per heavy atom. The average Bonchev–Trinajstić information content (AvgIpc) is 2.29. The Balaban J connectivity index is 4.30. The van der Waals surface area contributed by atoms with E-state index in [1.54, 1.807) is 20.9 Å². The molecule has 1 atom stereocenters. The van der Waals surface area contributed by atoms with E-state index < -0.39 is 19.5 Å². The van der Waals surface area contributed by atoms with Crippen molar-refractivity contribution >= 4 is 13.5 Å². The van der Waals surface area contributed by atoms with Crippen LogP contribution in [0.2, 0.25) is 0 Å². The molecule has 1 amide bonds. The summed E-state index contributed by atoms with van der Waals surface area (Å²) < 4.78 is 22.0. The summed E-state index contributed by atoms with van der Waals surface area (Å²) in [5.74, 6) is -0.449. The third-order valence-electron chi connectivity index (χ3n) is 1.95. The number of hydrogen-bond acceptors (Lipinski definition) is 6. The van der Waals surface area contributed by atoms with Crippen molar-refractivity contribution < 1.29 is 23.5 Å². The molecule has 0 aliphatic carbocycles. The lowest BCUT2D eigenvalue weighted by Crippen LogP contribution is -2.45. The van der Waals surface area contributed by atoms with E-state index in [-0.39, 0.29) is 26.1 Å². The molecular formula is C9H21N2O5P. The molecule has 0 spiro atoms. The fraction of sp³-hybridized carbons (Fsp3) is 0.889. The molecule has 0 aromatic carbocycles. The molecule has 7 nitrogen and oxygen atoms in total. The van der Waals surface area contributed by atoms with Gasteiger partial charge in [-0.25, -0.2) is 0 Å². The quantitative estimate of drug-likeness (QED) is 0.505. The molecule has 102 valence electrons. The molecular weight excluding hydrogens is 247 g/mol. The molecule has 17 heavy (non-hydrogen) atoms. The van der Waals surface area contributed by atoms with Crippen LogP contribution in [0.4, 0.5) is 0 Å². The Morgan fingerprint density at radius 1 is 1.35 bits per heavy atom. The number of likely N-dealkylation sites (N-methyl/N-ethyl adjacent to an activating group) is 1. The first-order valence-electron chi connectivity index (χ1n) is 5.47. The second kappa shape index (κ2) is 8.60. The highest BCUT2D eigenvalue weighted by Gasteiger charge is 2.25. The smallest absolute Gasteiger partial charge is 0.349 e. The molecule has 0 saturated carbocycles. The van der Waals surface area contributed by atoms with Gasteiger partial charge in [0.1, 0.15) is 12.3 Å². The van der Waals surface area contributed by atoms with Crippen LogP contribution in [-0.4, -0.2) is 50.2 Å². The predicted octanol–water partition coefficient (Wildman–Crippen LogP) is -0.0935. The van der Waals surface area contributed by atoms with Gasteiger partial charge in [-0.2, -0.15) is 0 Å². The summed E-state index contributed by atoms with van der Waals surface area (Å²) in [5.41, 5.74) is 0. The summed E-state index contributed by atoms with van der Waals surface area (Å²) in [4.78, 5) is 11.5. The normalized spacial score (nSPS) is 13.4. The molecule has 8 heteroatoms. The third-order valence-corrected chi connectivity index (χ3v) is 3.79. The van der Waals surface area contributed by atoms with Crippen LogP contribution in [0.3, 0.4) is 0 Å². The van der Waals surface area contributed by atoms with Crippen molar-refractivity contribution in [3.05, 3.63) is 0 Å². The van der Waals surface area contributed by atoms with E-state index in [1.165, 1.54) is 0 Å². The van der Waals surface area contributed by atoms with Gasteiger partial charge >= 0.3 is 7.60 Å². The minimum atomic E-state index is -3.28. The summed E-state index contributed by atoms with van der Waals surface area (Å²) in [6.45, 7) is 3.52. The van der Waals surface area contributed by atoms with Gasteiger partial charge in [0.2, 0.25) is 5.91 Å². The zero-order valence-corrected chi connectivity index (χ0v) is 11.3. The molecule has 0 heterocycles. The van der Waals surface area contributed by atoms with Crippen molar-refractivity contribution in [3.8, 4) is 0 Å². The van der Waals surface area contributed by atoms with Gasteiger partial charge < -0.3 is 24.8 Å². The van der Waals surface area contributed by atoms with Crippen LogP contribution in [0.1, 0.15) is 13.8 Å². The van der Waals surface area contributed by atoms with Crippen LogP contribution in [0.5, 0.6) is 0 Å².